The Kier molecular flexibility index (Phi) is 5.35. The fraction of sp³-hybridized carbons (Fsp3) is 0.0833. The van der Waals surface area contributed by atoms with Crippen molar-refractivity contribution in [3.05, 3.63) is 87.7 Å². The molecule has 3 nitrogen and oxygen atoms in total. The number of halogens is 1. The molecule has 0 saturated carbocycles. The third kappa shape index (κ3) is 3.75. The largest absolute Gasteiger partial charge is 0.304 e. The van der Waals surface area contributed by atoms with Crippen LogP contribution in [0.15, 0.2) is 71.7 Å². The second-order valence-corrected chi connectivity index (χ2v) is 7.97. The summed E-state index contributed by atoms with van der Waals surface area (Å²) >= 11 is 7.71. The van der Waals surface area contributed by atoms with Gasteiger partial charge in [0.1, 0.15) is 0 Å². The molecule has 0 bridgehead atoms. The number of terminal acetylenes is 1. The third-order valence-electron chi connectivity index (χ3n) is 4.72. The summed E-state index contributed by atoms with van der Waals surface area (Å²) in [5, 5.41) is 0.662. The van der Waals surface area contributed by atoms with E-state index >= 15 is 0 Å². The predicted octanol–water partition coefficient (Wildman–Crippen LogP) is 5.71. The van der Waals surface area contributed by atoms with Crippen molar-refractivity contribution >= 4 is 39.1 Å². The van der Waals surface area contributed by atoms with E-state index in [1.165, 1.54) is 11.3 Å². The first-order chi connectivity index (χ1) is 14.1. The average molecular weight is 417 g/mol. The minimum atomic E-state index is -0.300. The Morgan fingerprint density at radius 2 is 1.76 bits per heavy atom. The molecule has 0 unspecified atom stereocenters. The fourth-order valence-electron chi connectivity index (χ4n) is 3.23. The molecule has 4 rings (SSSR count). The Labute approximate surface area is 177 Å². The van der Waals surface area contributed by atoms with Gasteiger partial charge in [-0.25, -0.2) is 0 Å². The van der Waals surface area contributed by atoms with Gasteiger partial charge in [0.25, 0.3) is 5.91 Å². The maximum absolute atomic E-state index is 12.8. The van der Waals surface area contributed by atoms with Crippen molar-refractivity contribution in [2.75, 3.05) is 0 Å². The monoisotopic (exact) mass is 416 g/mol. The maximum atomic E-state index is 12.8. The van der Waals surface area contributed by atoms with Gasteiger partial charge in [0, 0.05) is 10.6 Å². The van der Waals surface area contributed by atoms with Gasteiger partial charge in [0.15, 0.2) is 4.80 Å². The first kappa shape index (κ1) is 19.2. The lowest BCUT2D eigenvalue weighted by atomic mass is 10.0. The van der Waals surface area contributed by atoms with Crippen LogP contribution < -0.4 is 4.80 Å². The molecule has 4 aromatic rings. The van der Waals surface area contributed by atoms with Gasteiger partial charge in [-0.15, -0.1) is 6.42 Å². The topological polar surface area (TPSA) is 34.4 Å². The highest BCUT2D eigenvalue weighted by atomic mass is 35.5. The molecule has 5 heteroatoms. The molecular weight excluding hydrogens is 400 g/mol. The number of hydrogen-bond acceptors (Lipinski definition) is 2. The third-order valence-corrected chi connectivity index (χ3v) is 6.17. The van der Waals surface area contributed by atoms with Crippen molar-refractivity contribution in [1.82, 2.24) is 4.57 Å². The van der Waals surface area contributed by atoms with Gasteiger partial charge in [-0.05, 0) is 47.9 Å². The van der Waals surface area contributed by atoms with E-state index in [1.54, 1.807) is 12.1 Å². The summed E-state index contributed by atoms with van der Waals surface area (Å²) in [4.78, 5) is 17.7. The summed E-state index contributed by atoms with van der Waals surface area (Å²) in [5.74, 6) is 2.34. The molecule has 29 heavy (non-hydrogen) atoms. The highest BCUT2D eigenvalue weighted by Crippen LogP contribution is 2.27. The lowest BCUT2D eigenvalue weighted by Gasteiger charge is -2.05. The summed E-state index contributed by atoms with van der Waals surface area (Å²) in [6, 6.07) is 21.3. The number of hydrogen-bond donors (Lipinski definition) is 0. The second kappa shape index (κ2) is 8.08. The number of amides is 1. The van der Waals surface area contributed by atoms with Crippen LogP contribution in [0, 0.1) is 19.3 Å². The molecule has 0 saturated heterocycles. The predicted molar refractivity (Wildman–Crippen MR) is 120 cm³/mol. The van der Waals surface area contributed by atoms with Gasteiger partial charge >= 0.3 is 0 Å². The van der Waals surface area contributed by atoms with E-state index in [2.05, 4.69) is 10.9 Å². The molecule has 0 aliphatic rings. The smallest absolute Gasteiger partial charge is 0.279 e. The molecule has 1 aromatic heterocycles. The number of carbonyl (C=O) groups excluding carboxylic acids is 1. The van der Waals surface area contributed by atoms with Gasteiger partial charge in [0.2, 0.25) is 0 Å². The summed E-state index contributed by atoms with van der Waals surface area (Å²) < 4.78 is 2.87. The molecule has 0 N–H and O–H groups in total. The van der Waals surface area contributed by atoms with Gasteiger partial charge in [-0.3, -0.25) is 4.79 Å². The van der Waals surface area contributed by atoms with Crippen LogP contribution in [0.4, 0.5) is 0 Å². The first-order valence-corrected chi connectivity index (χ1v) is 10.2. The summed E-state index contributed by atoms with van der Waals surface area (Å²) in [6.07, 6.45) is 5.56. The molecule has 0 fully saturated rings. The number of fused-ring (bicyclic) bond motifs is 1. The highest BCUT2D eigenvalue weighted by molar-refractivity contribution is 7.16. The SMILES string of the molecule is C#CCn1c(=NC(=O)c2ccc(-c3ccccc3)cc2)sc2ccc(Cl)c(C)c21. The molecule has 1 amide bonds. The number of carbonyl (C=O) groups is 1. The number of thiazole rings is 1. The Morgan fingerprint density at radius 1 is 1.07 bits per heavy atom. The zero-order valence-corrected chi connectivity index (χ0v) is 17.3. The molecular formula is C24H17ClN2OS. The van der Waals surface area contributed by atoms with E-state index in [-0.39, 0.29) is 5.91 Å². The van der Waals surface area contributed by atoms with Gasteiger partial charge < -0.3 is 4.57 Å². The normalized spacial score (nSPS) is 11.6. The van der Waals surface area contributed by atoms with Crippen LogP contribution in [0.1, 0.15) is 15.9 Å². The molecule has 0 atom stereocenters. The molecule has 0 radical (unpaired) electrons. The highest BCUT2D eigenvalue weighted by Gasteiger charge is 2.12. The van der Waals surface area contributed by atoms with Crippen molar-refractivity contribution in [2.24, 2.45) is 4.99 Å². The van der Waals surface area contributed by atoms with Crippen LogP contribution in [0.3, 0.4) is 0 Å². The number of benzene rings is 3. The van der Waals surface area contributed by atoms with Crippen LogP contribution >= 0.6 is 22.9 Å². The maximum Gasteiger partial charge on any atom is 0.279 e. The quantitative estimate of drug-likeness (QED) is 0.394. The summed E-state index contributed by atoms with van der Waals surface area (Å²) in [7, 11) is 0. The Morgan fingerprint density at radius 3 is 2.45 bits per heavy atom. The summed E-state index contributed by atoms with van der Waals surface area (Å²) in [5.41, 5.74) is 4.54. The van der Waals surface area contributed by atoms with E-state index in [0.717, 1.165) is 26.9 Å². The molecule has 0 spiro atoms. The minimum Gasteiger partial charge on any atom is -0.304 e. The van der Waals surface area contributed by atoms with E-state index in [4.69, 9.17) is 18.0 Å². The molecule has 3 aromatic carbocycles. The first-order valence-electron chi connectivity index (χ1n) is 9.05. The zero-order valence-electron chi connectivity index (χ0n) is 15.7. The van der Waals surface area contributed by atoms with Crippen LogP contribution in [-0.2, 0) is 6.54 Å². The lowest BCUT2D eigenvalue weighted by molar-refractivity contribution is 0.0998. The van der Waals surface area contributed by atoms with E-state index < -0.39 is 0 Å². The molecule has 142 valence electrons. The van der Waals surface area contributed by atoms with Crippen molar-refractivity contribution < 1.29 is 4.79 Å². The zero-order chi connectivity index (χ0) is 20.4. The van der Waals surface area contributed by atoms with Crippen molar-refractivity contribution in [3.63, 3.8) is 0 Å². The van der Waals surface area contributed by atoms with Crippen molar-refractivity contribution in [2.45, 2.75) is 13.5 Å². The van der Waals surface area contributed by atoms with Crippen molar-refractivity contribution in [3.8, 4) is 23.5 Å². The average Bonchev–Trinajstić information content (AvgIpc) is 3.09. The van der Waals surface area contributed by atoms with Crippen LogP contribution in [0.25, 0.3) is 21.3 Å². The number of aromatic nitrogens is 1. The van der Waals surface area contributed by atoms with Crippen LogP contribution in [-0.4, -0.2) is 10.5 Å². The van der Waals surface area contributed by atoms with Gasteiger partial charge in [0.05, 0.1) is 16.8 Å². The molecule has 0 aliphatic carbocycles. The number of nitrogens with zero attached hydrogens (tertiary/aromatic N) is 2. The van der Waals surface area contributed by atoms with Gasteiger partial charge in [-0.2, -0.15) is 4.99 Å². The lowest BCUT2D eigenvalue weighted by Crippen LogP contribution is -2.17. The molecule has 1 heterocycles. The fourth-order valence-corrected chi connectivity index (χ4v) is 4.47. The Bertz CT molecular complexity index is 1310. The second-order valence-electron chi connectivity index (χ2n) is 6.55. The standard InChI is InChI=1S/C24H17ClN2OS/c1-3-15-27-22-16(2)20(25)13-14-21(22)29-24(27)26-23(28)19-11-9-18(10-12-19)17-7-5-4-6-8-17/h1,4-14H,15H2,2H3. The Balaban J connectivity index is 1.75. The van der Waals surface area contributed by atoms with E-state index in [1.807, 2.05) is 66.1 Å². The number of rotatable bonds is 3. The summed E-state index contributed by atoms with van der Waals surface area (Å²) in [6.45, 7) is 2.26. The van der Waals surface area contributed by atoms with E-state index in [9.17, 15) is 4.79 Å². The Hall–Kier alpha value is -3.13. The van der Waals surface area contributed by atoms with Gasteiger partial charge in [-0.1, -0.05) is 71.3 Å². The number of aryl methyl sites for hydroxylation is 1. The molecule has 0 aliphatic heterocycles. The van der Waals surface area contributed by atoms with Crippen molar-refractivity contribution in [1.29, 1.82) is 0 Å². The van der Waals surface area contributed by atoms with Crippen LogP contribution in [0.2, 0.25) is 5.02 Å². The minimum absolute atomic E-state index is 0.300. The van der Waals surface area contributed by atoms with E-state index in [0.29, 0.717) is 21.9 Å². The van der Waals surface area contributed by atoms with Crippen LogP contribution in [0.5, 0.6) is 0 Å².